The molecule has 1 fully saturated rings. The lowest BCUT2D eigenvalue weighted by Gasteiger charge is -2.27. The molecular weight excluding hydrogens is 248 g/mol. The number of alkyl halides is 3. The van der Waals surface area contributed by atoms with Crippen LogP contribution >= 0.6 is 0 Å². The third-order valence-corrected chi connectivity index (χ3v) is 2.90. The van der Waals surface area contributed by atoms with Crippen molar-refractivity contribution in [3.63, 3.8) is 0 Å². The average molecular weight is 262 g/mol. The number of nitrogens with one attached hydrogen (secondary N) is 1. The summed E-state index contributed by atoms with van der Waals surface area (Å²) in [6.07, 6.45) is -4.50. The van der Waals surface area contributed by atoms with Crippen LogP contribution in [0.15, 0.2) is 18.2 Å². The lowest BCUT2D eigenvalue weighted by Crippen LogP contribution is -2.42. The molecule has 0 aliphatic carbocycles. The van der Waals surface area contributed by atoms with E-state index in [9.17, 15) is 17.6 Å². The molecule has 1 aliphatic rings. The number of benzene rings is 1. The van der Waals surface area contributed by atoms with E-state index in [-0.39, 0.29) is 0 Å². The van der Waals surface area contributed by atoms with Gasteiger partial charge in [0.2, 0.25) is 0 Å². The number of rotatable bonds is 2. The molecule has 1 aliphatic heterocycles. The minimum Gasteiger partial charge on any atom is -0.314 e. The van der Waals surface area contributed by atoms with E-state index in [2.05, 4.69) is 5.32 Å². The summed E-state index contributed by atoms with van der Waals surface area (Å²) in [6, 6.07) is 2.71. The van der Waals surface area contributed by atoms with Crippen LogP contribution in [0.2, 0.25) is 0 Å². The predicted octanol–water partition coefficient (Wildman–Crippen LogP) is 2.25. The molecule has 0 radical (unpaired) electrons. The van der Waals surface area contributed by atoms with Crippen LogP contribution in [0, 0.1) is 5.82 Å². The zero-order valence-electron chi connectivity index (χ0n) is 9.73. The summed E-state index contributed by atoms with van der Waals surface area (Å²) < 4.78 is 50.8. The molecule has 1 N–H and O–H groups in total. The molecule has 1 aromatic carbocycles. The Bertz CT molecular complexity index is 411. The predicted molar refractivity (Wildman–Crippen MR) is 59.5 cm³/mol. The van der Waals surface area contributed by atoms with E-state index < -0.39 is 17.6 Å². The number of hydrogen-bond donors (Lipinski definition) is 1. The van der Waals surface area contributed by atoms with E-state index in [0.29, 0.717) is 18.2 Å². The molecule has 0 spiro atoms. The Labute approximate surface area is 103 Å². The van der Waals surface area contributed by atoms with Crippen molar-refractivity contribution in [2.45, 2.75) is 12.7 Å². The molecule has 1 heterocycles. The summed E-state index contributed by atoms with van der Waals surface area (Å²) in [7, 11) is 0. The van der Waals surface area contributed by atoms with Crippen LogP contribution in [-0.2, 0) is 12.7 Å². The minimum atomic E-state index is -4.50. The van der Waals surface area contributed by atoms with Gasteiger partial charge in [-0.2, -0.15) is 13.2 Å². The fourth-order valence-corrected chi connectivity index (χ4v) is 2.03. The quantitative estimate of drug-likeness (QED) is 0.822. The third-order valence-electron chi connectivity index (χ3n) is 2.90. The highest BCUT2D eigenvalue weighted by atomic mass is 19.4. The van der Waals surface area contributed by atoms with Crippen LogP contribution in [0.4, 0.5) is 17.6 Å². The second-order valence-corrected chi connectivity index (χ2v) is 4.37. The van der Waals surface area contributed by atoms with Gasteiger partial charge in [-0.05, 0) is 23.8 Å². The zero-order chi connectivity index (χ0) is 13.2. The molecule has 2 rings (SSSR count). The molecule has 0 bridgehead atoms. The van der Waals surface area contributed by atoms with Gasteiger partial charge in [0.25, 0.3) is 0 Å². The molecule has 18 heavy (non-hydrogen) atoms. The third kappa shape index (κ3) is 3.43. The van der Waals surface area contributed by atoms with Crippen LogP contribution in [0.3, 0.4) is 0 Å². The maximum atomic E-state index is 13.2. The first-order valence-corrected chi connectivity index (χ1v) is 5.75. The summed E-state index contributed by atoms with van der Waals surface area (Å²) in [5, 5.41) is 3.15. The summed E-state index contributed by atoms with van der Waals surface area (Å²) in [6.45, 7) is 3.49. The van der Waals surface area contributed by atoms with Gasteiger partial charge in [0, 0.05) is 32.7 Å². The Hall–Kier alpha value is -1.14. The monoisotopic (exact) mass is 262 g/mol. The lowest BCUT2D eigenvalue weighted by molar-refractivity contribution is -0.137. The van der Waals surface area contributed by atoms with Gasteiger partial charge in [0.1, 0.15) is 5.82 Å². The second kappa shape index (κ2) is 5.24. The van der Waals surface area contributed by atoms with Crippen molar-refractivity contribution < 1.29 is 17.6 Å². The SMILES string of the molecule is Fc1cc(CN2CCNCC2)cc(C(F)(F)F)c1. The van der Waals surface area contributed by atoms with Crippen molar-refractivity contribution in [2.75, 3.05) is 26.2 Å². The zero-order valence-corrected chi connectivity index (χ0v) is 9.73. The Morgan fingerprint density at radius 1 is 1.11 bits per heavy atom. The van der Waals surface area contributed by atoms with Crippen molar-refractivity contribution in [1.29, 1.82) is 0 Å². The van der Waals surface area contributed by atoms with Gasteiger partial charge in [-0.15, -0.1) is 0 Å². The second-order valence-electron chi connectivity index (χ2n) is 4.37. The average Bonchev–Trinajstić information content (AvgIpc) is 2.28. The summed E-state index contributed by atoms with van der Waals surface area (Å²) in [5.41, 5.74) is -0.558. The van der Waals surface area contributed by atoms with Crippen molar-refractivity contribution in [1.82, 2.24) is 10.2 Å². The van der Waals surface area contributed by atoms with E-state index >= 15 is 0 Å². The number of halogens is 4. The van der Waals surface area contributed by atoms with Crippen molar-refractivity contribution in [2.24, 2.45) is 0 Å². The minimum absolute atomic E-state index is 0.350. The Balaban J connectivity index is 2.14. The van der Waals surface area contributed by atoms with Crippen molar-refractivity contribution in [3.8, 4) is 0 Å². The molecule has 0 saturated carbocycles. The first-order chi connectivity index (χ1) is 8.45. The van der Waals surface area contributed by atoms with Crippen LogP contribution in [-0.4, -0.2) is 31.1 Å². The summed E-state index contributed by atoms with van der Waals surface area (Å²) in [5.74, 6) is -0.838. The fourth-order valence-electron chi connectivity index (χ4n) is 2.03. The van der Waals surface area contributed by atoms with Crippen LogP contribution in [0.1, 0.15) is 11.1 Å². The Morgan fingerprint density at radius 2 is 1.78 bits per heavy atom. The topological polar surface area (TPSA) is 15.3 Å². The molecule has 1 saturated heterocycles. The molecule has 0 aromatic heterocycles. The molecule has 0 amide bonds. The lowest BCUT2D eigenvalue weighted by atomic mass is 10.1. The van der Waals surface area contributed by atoms with Crippen LogP contribution < -0.4 is 5.32 Å². The molecule has 2 nitrogen and oxygen atoms in total. The maximum absolute atomic E-state index is 13.2. The fraction of sp³-hybridized carbons (Fsp3) is 0.500. The summed E-state index contributed by atoms with van der Waals surface area (Å²) >= 11 is 0. The smallest absolute Gasteiger partial charge is 0.314 e. The van der Waals surface area contributed by atoms with Gasteiger partial charge in [-0.25, -0.2) is 4.39 Å². The Kier molecular flexibility index (Phi) is 3.87. The number of hydrogen-bond acceptors (Lipinski definition) is 2. The van der Waals surface area contributed by atoms with Gasteiger partial charge in [-0.1, -0.05) is 0 Å². The van der Waals surface area contributed by atoms with E-state index in [1.54, 1.807) is 0 Å². The van der Waals surface area contributed by atoms with Gasteiger partial charge in [0.05, 0.1) is 5.56 Å². The van der Waals surface area contributed by atoms with E-state index in [4.69, 9.17) is 0 Å². The molecule has 0 atom stereocenters. The molecule has 0 unspecified atom stereocenters. The maximum Gasteiger partial charge on any atom is 0.416 e. The highest BCUT2D eigenvalue weighted by molar-refractivity contribution is 5.26. The highest BCUT2D eigenvalue weighted by Gasteiger charge is 2.31. The van der Waals surface area contributed by atoms with Gasteiger partial charge < -0.3 is 5.32 Å². The Morgan fingerprint density at radius 3 is 2.39 bits per heavy atom. The van der Waals surface area contributed by atoms with E-state index in [0.717, 1.165) is 38.3 Å². The van der Waals surface area contributed by atoms with Crippen LogP contribution in [0.25, 0.3) is 0 Å². The van der Waals surface area contributed by atoms with Gasteiger partial charge >= 0.3 is 6.18 Å². The largest absolute Gasteiger partial charge is 0.416 e. The number of nitrogens with zero attached hydrogens (tertiary/aromatic N) is 1. The van der Waals surface area contributed by atoms with Crippen LogP contribution in [0.5, 0.6) is 0 Å². The first-order valence-electron chi connectivity index (χ1n) is 5.75. The van der Waals surface area contributed by atoms with E-state index in [1.807, 2.05) is 4.90 Å². The molecule has 6 heteroatoms. The summed E-state index contributed by atoms with van der Waals surface area (Å²) in [4.78, 5) is 2.01. The van der Waals surface area contributed by atoms with Crippen molar-refractivity contribution in [3.05, 3.63) is 35.1 Å². The van der Waals surface area contributed by atoms with Gasteiger partial charge in [0.15, 0.2) is 0 Å². The molecule has 1 aromatic rings. The normalized spacial score (nSPS) is 18.0. The molecule has 100 valence electrons. The number of piperazine rings is 1. The standard InChI is InChI=1S/C12H14F4N2/c13-11-6-9(5-10(7-11)12(14,15)16)8-18-3-1-17-2-4-18/h5-7,17H,1-4,8H2. The first kappa shape index (κ1) is 13.3. The van der Waals surface area contributed by atoms with E-state index in [1.165, 1.54) is 0 Å². The highest BCUT2D eigenvalue weighted by Crippen LogP contribution is 2.30. The van der Waals surface area contributed by atoms with Crippen molar-refractivity contribution >= 4 is 0 Å². The van der Waals surface area contributed by atoms with Gasteiger partial charge in [-0.3, -0.25) is 4.90 Å². The molecular formula is C12H14F4N2.